The third-order valence-electron chi connectivity index (χ3n) is 2.43. The maximum absolute atomic E-state index is 10.7. The summed E-state index contributed by atoms with van der Waals surface area (Å²) >= 11 is 0. The first-order chi connectivity index (χ1) is 7.91. The maximum atomic E-state index is 10.7. The number of carbonyl (C=O) groups excluding carboxylic acids is 1. The molecule has 0 aromatic heterocycles. The zero-order valence-electron chi connectivity index (χ0n) is 11.0. The fourth-order valence-corrected chi connectivity index (χ4v) is 1.60. The van der Waals surface area contributed by atoms with Crippen LogP contribution in [0, 0.1) is 0 Å². The van der Waals surface area contributed by atoms with Crippen molar-refractivity contribution >= 4 is 5.91 Å². The monoisotopic (exact) mass is 235 g/mol. The van der Waals surface area contributed by atoms with Crippen LogP contribution in [0.25, 0.3) is 0 Å². The van der Waals surface area contributed by atoms with Gasteiger partial charge >= 0.3 is 0 Å². The number of hydrogen-bond donors (Lipinski definition) is 1. The molecule has 1 N–H and O–H groups in total. The Morgan fingerprint density at radius 2 is 1.94 bits per heavy atom. The molecule has 0 bridgehead atoms. The zero-order valence-corrected chi connectivity index (χ0v) is 11.0. The van der Waals surface area contributed by atoms with Gasteiger partial charge in [0.15, 0.2) is 0 Å². The van der Waals surface area contributed by atoms with Gasteiger partial charge in [-0.2, -0.15) is 0 Å². The number of rotatable bonds is 4. The van der Waals surface area contributed by atoms with Crippen LogP contribution in [0.5, 0.6) is 5.75 Å². The van der Waals surface area contributed by atoms with Crippen LogP contribution in [0.1, 0.15) is 33.3 Å². The van der Waals surface area contributed by atoms with E-state index in [2.05, 4.69) is 32.2 Å². The van der Waals surface area contributed by atoms with Gasteiger partial charge in [0.25, 0.3) is 0 Å². The molecule has 0 radical (unpaired) electrons. The lowest BCUT2D eigenvalue weighted by molar-refractivity contribution is -0.119. The van der Waals surface area contributed by atoms with E-state index in [0.29, 0.717) is 13.2 Å². The summed E-state index contributed by atoms with van der Waals surface area (Å²) in [7, 11) is 0. The Bertz CT molecular complexity index is 380. The summed E-state index contributed by atoms with van der Waals surface area (Å²) in [5.41, 5.74) is 1.24. The lowest BCUT2D eigenvalue weighted by Crippen LogP contribution is -2.26. The first-order valence-electron chi connectivity index (χ1n) is 5.88. The van der Waals surface area contributed by atoms with Crippen molar-refractivity contribution in [1.82, 2.24) is 5.32 Å². The topological polar surface area (TPSA) is 38.3 Å². The van der Waals surface area contributed by atoms with Crippen LogP contribution in [0.2, 0.25) is 0 Å². The molecule has 0 spiro atoms. The fourth-order valence-electron chi connectivity index (χ4n) is 1.60. The first kappa shape index (κ1) is 13.6. The molecule has 0 heterocycles. The largest absolute Gasteiger partial charge is 0.491 e. The molecule has 0 aliphatic rings. The third-order valence-corrected chi connectivity index (χ3v) is 2.43. The molecule has 3 heteroatoms. The molecule has 94 valence electrons. The number of carbonyl (C=O) groups is 1. The van der Waals surface area contributed by atoms with Crippen LogP contribution in [0.3, 0.4) is 0 Å². The second-order valence-corrected chi connectivity index (χ2v) is 5.08. The Hall–Kier alpha value is -1.51. The van der Waals surface area contributed by atoms with Crippen LogP contribution >= 0.6 is 0 Å². The van der Waals surface area contributed by atoms with E-state index >= 15 is 0 Å². The summed E-state index contributed by atoms with van der Waals surface area (Å²) in [6.45, 7) is 9.00. The molecular formula is C14H21NO2. The molecule has 1 amide bonds. The predicted molar refractivity (Wildman–Crippen MR) is 69.3 cm³/mol. The molecule has 0 fully saturated rings. The number of amides is 1. The molecule has 0 unspecified atom stereocenters. The van der Waals surface area contributed by atoms with Crippen molar-refractivity contribution < 1.29 is 9.53 Å². The highest BCUT2D eigenvalue weighted by Crippen LogP contribution is 2.30. The van der Waals surface area contributed by atoms with Gasteiger partial charge in [-0.25, -0.2) is 0 Å². The van der Waals surface area contributed by atoms with Gasteiger partial charge in [-0.1, -0.05) is 39.0 Å². The minimum absolute atomic E-state index is 0.0299. The van der Waals surface area contributed by atoms with Gasteiger partial charge in [0, 0.05) is 6.92 Å². The number of para-hydroxylation sites is 1. The second kappa shape index (κ2) is 5.71. The van der Waals surface area contributed by atoms with Crippen LogP contribution in [0.4, 0.5) is 0 Å². The quantitative estimate of drug-likeness (QED) is 0.814. The molecule has 0 aliphatic carbocycles. The average Bonchev–Trinajstić information content (AvgIpc) is 2.23. The average molecular weight is 235 g/mol. The summed E-state index contributed by atoms with van der Waals surface area (Å²) in [5.74, 6) is 0.864. The zero-order chi connectivity index (χ0) is 12.9. The van der Waals surface area contributed by atoms with E-state index in [-0.39, 0.29) is 11.3 Å². The SMILES string of the molecule is CC(=O)NCCOc1ccccc1C(C)(C)C. The van der Waals surface area contributed by atoms with Crippen molar-refractivity contribution in [3.63, 3.8) is 0 Å². The molecule has 1 aromatic rings. The van der Waals surface area contributed by atoms with Crippen LogP contribution in [-0.4, -0.2) is 19.1 Å². The van der Waals surface area contributed by atoms with Gasteiger partial charge in [0.2, 0.25) is 5.91 Å². The molecule has 1 rings (SSSR count). The highest BCUT2D eigenvalue weighted by Gasteiger charge is 2.18. The lowest BCUT2D eigenvalue weighted by atomic mass is 9.86. The van der Waals surface area contributed by atoms with E-state index in [1.165, 1.54) is 12.5 Å². The Labute approximate surface area is 103 Å². The van der Waals surface area contributed by atoms with E-state index in [9.17, 15) is 4.79 Å². The molecule has 0 saturated carbocycles. The molecule has 17 heavy (non-hydrogen) atoms. The number of benzene rings is 1. The number of nitrogens with one attached hydrogen (secondary N) is 1. The summed E-state index contributed by atoms with van der Waals surface area (Å²) in [5, 5.41) is 2.71. The molecule has 0 atom stereocenters. The smallest absolute Gasteiger partial charge is 0.216 e. The minimum atomic E-state index is -0.0299. The van der Waals surface area contributed by atoms with Crippen LogP contribution in [-0.2, 0) is 10.2 Å². The third kappa shape index (κ3) is 4.47. The van der Waals surface area contributed by atoms with E-state index in [1.807, 2.05) is 18.2 Å². The Balaban J connectivity index is 2.62. The van der Waals surface area contributed by atoms with Crippen molar-refractivity contribution in [2.45, 2.75) is 33.1 Å². The van der Waals surface area contributed by atoms with Crippen molar-refractivity contribution in [3.8, 4) is 5.75 Å². The highest BCUT2D eigenvalue weighted by atomic mass is 16.5. The summed E-state index contributed by atoms with van der Waals surface area (Å²) in [6, 6.07) is 8.02. The second-order valence-electron chi connectivity index (χ2n) is 5.08. The van der Waals surface area contributed by atoms with E-state index in [4.69, 9.17) is 4.74 Å². The maximum Gasteiger partial charge on any atom is 0.216 e. The molecular weight excluding hydrogens is 214 g/mol. The van der Waals surface area contributed by atoms with Gasteiger partial charge in [-0.15, -0.1) is 0 Å². The minimum Gasteiger partial charge on any atom is -0.491 e. The van der Waals surface area contributed by atoms with Crippen LogP contribution < -0.4 is 10.1 Å². The van der Waals surface area contributed by atoms with Gasteiger partial charge in [0.1, 0.15) is 12.4 Å². The first-order valence-corrected chi connectivity index (χ1v) is 5.88. The molecule has 0 aliphatic heterocycles. The summed E-state index contributed by atoms with van der Waals surface area (Å²) in [4.78, 5) is 10.7. The molecule has 3 nitrogen and oxygen atoms in total. The van der Waals surface area contributed by atoms with Crippen LogP contribution in [0.15, 0.2) is 24.3 Å². The van der Waals surface area contributed by atoms with Gasteiger partial charge in [-0.05, 0) is 17.0 Å². The lowest BCUT2D eigenvalue weighted by Gasteiger charge is -2.22. The molecule has 1 aromatic carbocycles. The number of ether oxygens (including phenoxy) is 1. The standard InChI is InChI=1S/C14H21NO2/c1-11(16)15-9-10-17-13-8-6-5-7-12(13)14(2,3)4/h5-8H,9-10H2,1-4H3,(H,15,16). The fraction of sp³-hybridized carbons (Fsp3) is 0.500. The normalized spacial score (nSPS) is 11.1. The predicted octanol–water partition coefficient (Wildman–Crippen LogP) is 2.50. The Morgan fingerprint density at radius 3 is 2.53 bits per heavy atom. The van der Waals surface area contributed by atoms with Crippen molar-refractivity contribution in [2.75, 3.05) is 13.2 Å². The van der Waals surface area contributed by atoms with Gasteiger partial charge in [0.05, 0.1) is 6.54 Å². The Morgan fingerprint density at radius 1 is 1.29 bits per heavy atom. The van der Waals surface area contributed by atoms with Crippen molar-refractivity contribution in [3.05, 3.63) is 29.8 Å². The summed E-state index contributed by atoms with van der Waals surface area (Å²) < 4.78 is 5.70. The van der Waals surface area contributed by atoms with E-state index < -0.39 is 0 Å². The molecule has 0 saturated heterocycles. The number of hydrogen-bond acceptors (Lipinski definition) is 2. The highest BCUT2D eigenvalue weighted by molar-refractivity contribution is 5.72. The van der Waals surface area contributed by atoms with Crippen molar-refractivity contribution in [2.24, 2.45) is 0 Å². The van der Waals surface area contributed by atoms with Gasteiger partial charge < -0.3 is 10.1 Å². The Kier molecular flexibility index (Phi) is 4.55. The summed E-state index contributed by atoms with van der Waals surface area (Å²) in [6.07, 6.45) is 0. The van der Waals surface area contributed by atoms with E-state index in [1.54, 1.807) is 0 Å². The van der Waals surface area contributed by atoms with E-state index in [0.717, 1.165) is 5.75 Å². The van der Waals surface area contributed by atoms with Gasteiger partial charge in [-0.3, -0.25) is 4.79 Å². The van der Waals surface area contributed by atoms with Crippen molar-refractivity contribution in [1.29, 1.82) is 0 Å².